The third kappa shape index (κ3) is 1.18. The number of phenols is 1. The van der Waals surface area contributed by atoms with Crippen molar-refractivity contribution < 1.29 is 9.52 Å². The summed E-state index contributed by atoms with van der Waals surface area (Å²) in [4.78, 5) is 11.0. The second kappa shape index (κ2) is 2.87. The normalized spacial score (nSPS) is 10.7. The van der Waals surface area contributed by atoms with Crippen LogP contribution < -0.4 is 5.63 Å². The molecule has 0 amide bonds. The molecule has 0 aliphatic rings. The summed E-state index contributed by atoms with van der Waals surface area (Å²) in [6.45, 7) is 3.57. The molecule has 0 spiro atoms. The molecule has 0 unspecified atom stereocenters. The second-order valence-electron chi connectivity index (χ2n) is 3.33. The van der Waals surface area contributed by atoms with Crippen LogP contribution in [0.3, 0.4) is 0 Å². The van der Waals surface area contributed by atoms with Crippen LogP contribution in [0.15, 0.2) is 27.4 Å². The molecular formula is C11H10O3. The van der Waals surface area contributed by atoms with Gasteiger partial charge in [0, 0.05) is 17.0 Å². The maximum Gasteiger partial charge on any atom is 0.336 e. The molecule has 1 heterocycles. The van der Waals surface area contributed by atoms with Crippen molar-refractivity contribution in [3.8, 4) is 5.75 Å². The molecule has 0 bridgehead atoms. The van der Waals surface area contributed by atoms with Gasteiger partial charge in [0.25, 0.3) is 0 Å². The number of fused-ring (bicyclic) bond motifs is 1. The van der Waals surface area contributed by atoms with E-state index in [1.54, 1.807) is 26.0 Å². The maximum absolute atomic E-state index is 11.0. The zero-order valence-corrected chi connectivity index (χ0v) is 8.00. The van der Waals surface area contributed by atoms with E-state index >= 15 is 0 Å². The van der Waals surface area contributed by atoms with Crippen LogP contribution in [0.1, 0.15) is 11.1 Å². The summed E-state index contributed by atoms with van der Waals surface area (Å²) >= 11 is 0. The molecule has 3 heteroatoms. The average molecular weight is 190 g/mol. The van der Waals surface area contributed by atoms with Gasteiger partial charge in [0.2, 0.25) is 0 Å². The van der Waals surface area contributed by atoms with Crippen LogP contribution >= 0.6 is 0 Å². The van der Waals surface area contributed by atoms with Crippen LogP contribution in [-0.4, -0.2) is 5.11 Å². The fraction of sp³-hybridized carbons (Fsp3) is 0.182. The highest BCUT2D eigenvalue weighted by molar-refractivity contribution is 5.83. The number of benzene rings is 1. The lowest BCUT2D eigenvalue weighted by Gasteiger charge is -2.05. The molecule has 2 aromatic rings. The van der Waals surface area contributed by atoms with E-state index in [1.165, 1.54) is 6.07 Å². The molecule has 0 aliphatic carbocycles. The summed E-state index contributed by atoms with van der Waals surface area (Å²) in [6, 6.07) is 4.68. The molecule has 1 aromatic heterocycles. The minimum Gasteiger partial charge on any atom is -0.507 e. The zero-order valence-electron chi connectivity index (χ0n) is 8.00. The maximum atomic E-state index is 11.0. The van der Waals surface area contributed by atoms with E-state index in [9.17, 15) is 9.90 Å². The fourth-order valence-corrected chi connectivity index (χ4v) is 1.54. The number of phenolic OH excluding ortho intramolecular Hbond substituents is 1. The quantitative estimate of drug-likeness (QED) is 0.647. The first-order valence-corrected chi connectivity index (χ1v) is 4.32. The number of hydrogen-bond donors (Lipinski definition) is 1. The Morgan fingerprint density at radius 3 is 2.71 bits per heavy atom. The summed E-state index contributed by atoms with van der Waals surface area (Å²) in [5.74, 6) is 0.256. The van der Waals surface area contributed by atoms with Crippen molar-refractivity contribution in [2.45, 2.75) is 13.8 Å². The molecule has 2 rings (SSSR count). The first kappa shape index (κ1) is 8.81. The Kier molecular flexibility index (Phi) is 1.81. The highest BCUT2D eigenvalue weighted by atomic mass is 16.4. The van der Waals surface area contributed by atoms with Gasteiger partial charge in [0.05, 0.1) is 0 Å². The van der Waals surface area contributed by atoms with Crippen LogP contribution in [0, 0.1) is 13.8 Å². The van der Waals surface area contributed by atoms with Gasteiger partial charge >= 0.3 is 5.63 Å². The largest absolute Gasteiger partial charge is 0.507 e. The minimum absolute atomic E-state index is 0.256. The van der Waals surface area contributed by atoms with E-state index in [-0.39, 0.29) is 11.4 Å². The number of aryl methyl sites for hydroxylation is 2. The number of aromatic hydroxyl groups is 1. The first-order chi connectivity index (χ1) is 6.59. The van der Waals surface area contributed by atoms with Gasteiger partial charge in [-0.25, -0.2) is 4.79 Å². The minimum atomic E-state index is -0.373. The van der Waals surface area contributed by atoms with Crippen molar-refractivity contribution in [2.75, 3.05) is 0 Å². The number of rotatable bonds is 0. The Morgan fingerprint density at radius 1 is 1.29 bits per heavy atom. The van der Waals surface area contributed by atoms with Gasteiger partial charge in [-0.1, -0.05) is 0 Å². The monoisotopic (exact) mass is 190 g/mol. The lowest BCUT2D eigenvalue weighted by Crippen LogP contribution is -1.95. The Bertz CT molecular complexity index is 552. The third-order valence-corrected chi connectivity index (χ3v) is 2.34. The molecule has 0 saturated carbocycles. The van der Waals surface area contributed by atoms with E-state index in [4.69, 9.17) is 4.42 Å². The third-order valence-electron chi connectivity index (χ3n) is 2.34. The Balaban J connectivity index is 2.98. The van der Waals surface area contributed by atoms with Gasteiger partial charge < -0.3 is 9.52 Å². The molecule has 0 atom stereocenters. The van der Waals surface area contributed by atoms with Gasteiger partial charge in [0.1, 0.15) is 11.3 Å². The van der Waals surface area contributed by atoms with Crippen LogP contribution in [0.5, 0.6) is 5.75 Å². The molecule has 3 nitrogen and oxygen atoms in total. The van der Waals surface area contributed by atoms with E-state index in [0.29, 0.717) is 11.1 Å². The Hall–Kier alpha value is -1.77. The predicted molar refractivity (Wildman–Crippen MR) is 53.6 cm³/mol. The van der Waals surface area contributed by atoms with E-state index in [1.807, 2.05) is 0 Å². The Labute approximate surface area is 80.6 Å². The number of hydrogen-bond acceptors (Lipinski definition) is 3. The topological polar surface area (TPSA) is 50.4 Å². The second-order valence-corrected chi connectivity index (χ2v) is 3.33. The molecule has 72 valence electrons. The van der Waals surface area contributed by atoms with Crippen molar-refractivity contribution in [1.29, 1.82) is 0 Å². The van der Waals surface area contributed by atoms with Crippen molar-refractivity contribution in [1.82, 2.24) is 0 Å². The van der Waals surface area contributed by atoms with Crippen molar-refractivity contribution in [3.05, 3.63) is 39.7 Å². The molecule has 0 saturated heterocycles. The molecule has 0 fully saturated rings. The van der Waals surface area contributed by atoms with Gasteiger partial charge in [-0.3, -0.25) is 0 Å². The van der Waals surface area contributed by atoms with Gasteiger partial charge in [-0.15, -0.1) is 0 Å². The lowest BCUT2D eigenvalue weighted by molar-refractivity contribution is 0.467. The molecule has 0 radical (unpaired) electrons. The fourth-order valence-electron chi connectivity index (χ4n) is 1.54. The zero-order chi connectivity index (χ0) is 10.3. The highest BCUT2D eigenvalue weighted by Crippen LogP contribution is 2.28. The van der Waals surface area contributed by atoms with Crippen molar-refractivity contribution in [3.63, 3.8) is 0 Å². The summed E-state index contributed by atoms with van der Waals surface area (Å²) in [6.07, 6.45) is 0. The summed E-state index contributed by atoms with van der Waals surface area (Å²) in [7, 11) is 0. The van der Waals surface area contributed by atoms with E-state index < -0.39 is 0 Å². The SMILES string of the molecule is Cc1cc2oc(=O)ccc2c(C)c1O. The molecular weight excluding hydrogens is 180 g/mol. The molecule has 0 aliphatic heterocycles. The van der Waals surface area contributed by atoms with Gasteiger partial charge in [0.15, 0.2) is 0 Å². The lowest BCUT2D eigenvalue weighted by atomic mass is 10.1. The van der Waals surface area contributed by atoms with Crippen LogP contribution in [0.25, 0.3) is 11.0 Å². The molecule has 1 N–H and O–H groups in total. The predicted octanol–water partition coefficient (Wildman–Crippen LogP) is 2.12. The van der Waals surface area contributed by atoms with Crippen molar-refractivity contribution in [2.24, 2.45) is 0 Å². The summed E-state index contributed by atoms with van der Waals surface area (Å²) < 4.78 is 5.01. The van der Waals surface area contributed by atoms with Crippen LogP contribution in [-0.2, 0) is 0 Å². The summed E-state index contributed by atoms with van der Waals surface area (Å²) in [5.41, 5.74) is 1.60. The first-order valence-electron chi connectivity index (χ1n) is 4.32. The van der Waals surface area contributed by atoms with Gasteiger partial charge in [-0.2, -0.15) is 0 Å². The highest BCUT2D eigenvalue weighted by Gasteiger charge is 2.07. The molecule has 1 aromatic carbocycles. The van der Waals surface area contributed by atoms with E-state index in [2.05, 4.69) is 0 Å². The standard InChI is InChI=1S/C11H10O3/c1-6-5-9-8(7(2)11(6)13)3-4-10(12)14-9/h3-5,13H,1-2H3. The molecule has 14 heavy (non-hydrogen) atoms. The Morgan fingerprint density at radius 2 is 2.00 bits per heavy atom. The van der Waals surface area contributed by atoms with Crippen LogP contribution in [0.2, 0.25) is 0 Å². The van der Waals surface area contributed by atoms with Crippen molar-refractivity contribution >= 4 is 11.0 Å². The van der Waals surface area contributed by atoms with Gasteiger partial charge in [-0.05, 0) is 31.5 Å². The van der Waals surface area contributed by atoms with E-state index in [0.717, 1.165) is 10.9 Å². The summed E-state index contributed by atoms with van der Waals surface area (Å²) in [5, 5.41) is 10.4. The average Bonchev–Trinajstić information content (AvgIpc) is 2.14. The van der Waals surface area contributed by atoms with Crippen LogP contribution in [0.4, 0.5) is 0 Å². The smallest absolute Gasteiger partial charge is 0.336 e.